The molecule has 0 radical (unpaired) electrons. The van der Waals surface area contributed by atoms with E-state index in [1.165, 1.54) is 6.92 Å². The van der Waals surface area contributed by atoms with Crippen molar-refractivity contribution >= 4 is 27.3 Å². The highest BCUT2D eigenvalue weighted by Crippen LogP contribution is 2.17. The predicted octanol–water partition coefficient (Wildman–Crippen LogP) is 0.368. The van der Waals surface area contributed by atoms with Crippen LogP contribution in [0.15, 0.2) is 24.3 Å². The molecule has 0 saturated carbocycles. The number of benzene rings is 1. The fraction of sp³-hybridized carbons (Fsp3) is 0.462. The minimum absolute atomic E-state index is 0.0737. The number of nitrogens with two attached hydrogens (primary N) is 1. The van der Waals surface area contributed by atoms with Crippen molar-refractivity contribution in [1.29, 1.82) is 0 Å². The third kappa shape index (κ3) is 10.8. The second-order valence-electron chi connectivity index (χ2n) is 4.36. The van der Waals surface area contributed by atoms with Crippen LogP contribution in [0.1, 0.15) is 13.8 Å². The number of nitrogens with zero attached hydrogens (tertiary/aromatic N) is 1. The molecule has 0 aliphatic heterocycles. The second kappa shape index (κ2) is 9.32. The van der Waals surface area contributed by atoms with Gasteiger partial charge in [0.25, 0.3) is 0 Å². The van der Waals surface area contributed by atoms with Crippen LogP contribution in [0.3, 0.4) is 0 Å². The van der Waals surface area contributed by atoms with Gasteiger partial charge in [0.15, 0.2) is 0 Å². The largest absolute Gasteiger partial charge is 0.395 e. The van der Waals surface area contributed by atoms with E-state index in [-0.39, 0.29) is 12.5 Å². The van der Waals surface area contributed by atoms with Crippen LogP contribution in [0.2, 0.25) is 0 Å². The summed E-state index contributed by atoms with van der Waals surface area (Å²) in [6, 6.07) is 7.59. The van der Waals surface area contributed by atoms with E-state index in [1.807, 2.05) is 31.2 Å². The Morgan fingerprint density at radius 1 is 1.33 bits per heavy atom. The maximum atomic E-state index is 10.8. The molecule has 0 bridgehead atoms. The summed E-state index contributed by atoms with van der Waals surface area (Å²) >= 11 is 0. The van der Waals surface area contributed by atoms with Crippen molar-refractivity contribution in [2.75, 3.05) is 36.2 Å². The SMILES string of the molecule is CCN(CCO)c1ccc(NC(C)=O)cc1.CS(N)(=O)=O. The van der Waals surface area contributed by atoms with Gasteiger partial charge in [-0.25, -0.2) is 13.6 Å². The van der Waals surface area contributed by atoms with Gasteiger partial charge in [0, 0.05) is 31.4 Å². The summed E-state index contributed by atoms with van der Waals surface area (Å²) < 4.78 is 18.8. The summed E-state index contributed by atoms with van der Waals surface area (Å²) in [7, 11) is -3.17. The first-order valence-electron chi connectivity index (χ1n) is 6.38. The molecule has 0 fully saturated rings. The van der Waals surface area contributed by atoms with Gasteiger partial charge in [-0.2, -0.15) is 0 Å². The lowest BCUT2D eigenvalue weighted by Gasteiger charge is -2.22. The van der Waals surface area contributed by atoms with E-state index in [0.29, 0.717) is 6.54 Å². The summed E-state index contributed by atoms with van der Waals surface area (Å²) in [5.74, 6) is -0.0737. The highest BCUT2D eigenvalue weighted by atomic mass is 32.2. The molecule has 4 N–H and O–H groups in total. The van der Waals surface area contributed by atoms with Crippen molar-refractivity contribution in [2.24, 2.45) is 5.14 Å². The maximum absolute atomic E-state index is 10.8. The third-order valence-electron chi connectivity index (χ3n) is 2.30. The molecule has 120 valence electrons. The minimum atomic E-state index is -3.17. The first-order chi connectivity index (χ1) is 9.67. The van der Waals surface area contributed by atoms with Crippen LogP contribution >= 0.6 is 0 Å². The number of nitrogens with one attached hydrogen (secondary N) is 1. The van der Waals surface area contributed by atoms with E-state index in [0.717, 1.165) is 24.2 Å². The van der Waals surface area contributed by atoms with Gasteiger partial charge < -0.3 is 15.3 Å². The zero-order chi connectivity index (χ0) is 16.5. The Morgan fingerprint density at radius 2 is 1.81 bits per heavy atom. The number of hydrogen-bond acceptors (Lipinski definition) is 5. The van der Waals surface area contributed by atoms with Crippen molar-refractivity contribution < 1.29 is 18.3 Å². The van der Waals surface area contributed by atoms with Gasteiger partial charge in [0.1, 0.15) is 0 Å². The number of primary sulfonamides is 1. The number of carbonyl (C=O) groups excluding carboxylic acids is 1. The summed E-state index contributed by atoms with van der Waals surface area (Å²) in [5, 5.41) is 15.9. The summed E-state index contributed by atoms with van der Waals surface area (Å²) in [4.78, 5) is 12.9. The van der Waals surface area contributed by atoms with Crippen LogP contribution in [0.25, 0.3) is 0 Å². The van der Waals surface area contributed by atoms with Crippen LogP contribution in [0.5, 0.6) is 0 Å². The first kappa shape index (κ1) is 19.4. The standard InChI is InChI=1S/C12H18N2O2.CH5NO2S/c1-3-14(8-9-15)12-6-4-11(5-7-12)13-10(2)16;1-5(2,3)4/h4-7,15H,3,8-9H2,1-2H3,(H,13,16);1H3,(H2,2,3,4). The summed E-state index contributed by atoms with van der Waals surface area (Å²) in [5.41, 5.74) is 1.84. The van der Waals surface area contributed by atoms with Crippen molar-refractivity contribution in [3.63, 3.8) is 0 Å². The highest BCUT2D eigenvalue weighted by Gasteiger charge is 2.03. The number of anilines is 2. The minimum Gasteiger partial charge on any atom is -0.395 e. The molecule has 1 aromatic carbocycles. The van der Waals surface area contributed by atoms with Gasteiger partial charge in [-0.05, 0) is 31.2 Å². The molecule has 0 unspecified atom stereocenters. The normalized spacial score (nSPS) is 10.3. The molecular weight excluding hydrogens is 294 g/mol. The fourth-order valence-corrected chi connectivity index (χ4v) is 1.55. The van der Waals surface area contributed by atoms with E-state index >= 15 is 0 Å². The number of hydrogen-bond donors (Lipinski definition) is 3. The molecular formula is C13H23N3O4S. The average Bonchev–Trinajstić information content (AvgIpc) is 2.34. The quantitative estimate of drug-likeness (QED) is 0.726. The van der Waals surface area contributed by atoms with E-state index in [9.17, 15) is 13.2 Å². The molecule has 21 heavy (non-hydrogen) atoms. The van der Waals surface area contributed by atoms with E-state index < -0.39 is 10.0 Å². The van der Waals surface area contributed by atoms with Gasteiger partial charge in [0.05, 0.1) is 12.9 Å². The van der Waals surface area contributed by atoms with Gasteiger partial charge in [-0.3, -0.25) is 4.79 Å². The number of amides is 1. The lowest BCUT2D eigenvalue weighted by molar-refractivity contribution is -0.114. The van der Waals surface area contributed by atoms with Crippen LogP contribution < -0.4 is 15.4 Å². The van der Waals surface area contributed by atoms with Crippen molar-refractivity contribution in [1.82, 2.24) is 0 Å². The topological polar surface area (TPSA) is 113 Å². The Kier molecular flexibility index (Phi) is 8.60. The van der Waals surface area contributed by atoms with Crippen LogP contribution in [0, 0.1) is 0 Å². The molecule has 0 spiro atoms. The summed E-state index contributed by atoms with van der Waals surface area (Å²) in [6.07, 6.45) is 0.938. The third-order valence-corrected chi connectivity index (χ3v) is 2.30. The molecule has 0 aliphatic rings. The van der Waals surface area contributed by atoms with E-state index in [4.69, 9.17) is 5.11 Å². The monoisotopic (exact) mass is 317 g/mol. The molecule has 1 amide bonds. The number of rotatable bonds is 5. The van der Waals surface area contributed by atoms with Crippen molar-refractivity contribution in [2.45, 2.75) is 13.8 Å². The molecule has 1 rings (SSSR count). The molecule has 0 heterocycles. The molecule has 0 atom stereocenters. The number of carbonyl (C=O) groups is 1. The smallest absolute Gasteiger partial charge is 0.221 e. The number of aliphatic hydroxyl groups excluding tert-OH is 1. The van der Waals surface area contributed by atoms with Crippen LogP contribution in [0.4, 0.5) is 11.4 Å². The fourth-order valence-electron chi connectivity index (χ4n) is 1.55. The Morgan fingerprint density at radius 3 is 2.14 bits per heavy atom. The van der Waals surface area contributed by atoms with Crippen LogP contribution in [-0.4, -0.2) is 45.4 Å². The molecule has 0 saturated heterocycles. The van der Waals surface area contributed by atoms with Gasteiger partial charge in [-0.1, -0.05) is 0 Å². The molecule has 0 aromatic heterocycles. The average molecular weight is 317 g/mol. The van der Waals surface area contributed by atoms with Crippen molar-refractivity contribution in [3.05, 3.63) is 24.3 Å². The van der Waals surface area contributed by atoms with Crippen LogP contribution in [-0.2, 0) is 14.8 Å². The van der Waals surface area contributed by atoms with Gasteiger partial charge in [0.2, 0.25) is 15.9 Å². The Labute approximate surface area is 125 Å². The number of aliphatic hydroxyl groups is 1. The zero-order valence-corrected chi connectivity index (χ0v) is 13.4. The summed E-state index contributed by atoms with van der Waals surface area (Å²) in [6.45, 7) is 5.13. The zero-order valence-electron chi connectivity index (χ0n) is 12.5. The number of likely N-dealkylation sites (N-methyl/N-ethyl adjacent to an activating group) is 1. The second-order valence-corrected chi connectivity index (χ2v) is 6.02. The Balaban J connectivity index is 0.000000690. The molecule has 1 aromatic rings. The lowest BCUT2D eigenvalue weighted by atomic mass is 10.2. The molecule has 0 aliphatic carbocycles. The van der Waals surface area contributed by atoms with E-state index in [1.54, 1.807) is 0 Å². The van der Waals surface area contributed by atoms with Gasteiger partial charge in [-0.15, -0.1) is 0 Å². The Bertz CT molecular complexity index is 521. The van der Waals surface area contributed by atoms with E-state index in [2.05, 4.69) is 15.4 Å². The predicted molar refractivity (Wildman–Crippen MR) is 84.7 cm³/mol. The lowest BCUT2D eigenvalue weighted by Crippen LogP contribution is -2.25. The Hall–Kier alpha value is -1.64. The van der Waals surface area contributed by atoms with Gasteiger partial charge >= 0.3 is 0 Å². The molecule has 7 nitrogen and oxygen atoms in total. The van der Waals surface area contributed by atoms with Crippen molar-refractivity contribution in [3.8, 4) is 0 Å². The maximum Gasteiger partial charge on any atom is 0.221 e. The highest BCUT2D eigenvalue weighted by molar-refractivity contribution is 7.88. The first-order valence-corrected chi connectivity index (χ1v) is 8.34. The number of sulfonamides is 1. The molecule has 8 heteroatoms.